The molecule has 0 aromatic carbocycles. The summed E-state index contributed by atoms with van der Waals surface area (Å²) in [7, 11) is 0. The van der Waals surface area contributed by atoms with E-state index in [1.165, 1.54) is 0 Å². The third kappa shape index (κ3) is 2.76. The van der Waals surface area contributed by atoms with Gasteiger partial charge in [-0.1, -0.05) is 27.7 Å². The van der Waals surface area contributed by atoms with Crippen LogP contribution >= 0.6 is 0 Å². The Labute approximate surface area is 84.1 Å². The normalized spacial score (nSPS) is 11.6. The van der Waals surface area contributed by atoms with Crippen molar-refractivity contribution < 1.29 is 8.83 Å². The molecule has 0 spiro atoms. The predicted octanol–water partition coefficient (Wildman–Crippen LogP) is 2.94. The fraction of sp³-hybridized carbons (Fsp3) is 0.727. The maximum Gasteiger partial charge on any atom is 0.519 e. The summed E-state index contributed by atoms with van der Waals surface area (Å²) in [5, 5.41) is 0. The van der Waals surface area contributed by atoms with Gasteiger partial charge < -0.3 is 8.83 Å². The van der Waals surface area contributed by atoms with Crippen LogP contribution in [0.2, 0.25) is 0 Å². The van der Waals surface area contributed by atoms with Crippen LogP contribution in [0.3, 0.4) is 0 Å². The fourth-order valence-electron chi connectivity index (χ4n) is 1.35. The zero-order valence-electron chi connectivity index (χ0n) is 9.29. The molecule has 0 aliphatic rings. The molecular formula is C11H18O3. The molecule has 0 fully saturated rings. The summed E-state index contributed by atoms with van der Waals surface area (Å²) in [6, 6.07) is 0. The first-order chi connectivity index (χ1) is 6.50. The molecule has 0 N–H and O–H groups in total. The van der Waals surface area contributed by atoms with E-state index in [0.717, 1.165) is 18.6 Å². The molecule has 1 aromatic heterocycles. The summed E-state index contributed by atoms with van der Waals surface area (Å²) in [6.07, 6.45) is 1.80. The minimum absolute atomic E-state index is 0.212. The summed E-state index contributed by atoms with van der Waals surface area (Å²) in [5.74, 6) is 1.67. The van der Waals surface area contributed by atoms with E-state index in [0.29, 0.717) is 11.7 Å². The van der Waals surface area contributed by atoms with Gasteiger partial charge in [-0.3, -0.25) is 0 Å². The average Bonchev–Trinajstić information content (AvgIpc) is 2.43. The largest absolute Gasteiger partial charge is 0.519 e. The minimum atomic E-state index is -0.576. The first-order valence-corrected chi connectivity index (χ1v) is 5.13. The second kappa shape index (κ2) is 4.49. The van der Waals surface area contributed by atoms with Crippen LogP contribution in [0.15, 0.2) is 13.6 Å². The molecule has 0 bridgehead atoms. The molecular weight excluding hydrogens is 180 g/mol. The highest BCUT2D eigenvalue weighted by molar-refractivity contribution is 5.07. The molecule has 14 heavy (non-hydrogen) atoms. The lowest BCUT2D eigenvalue weighted by atomic mass is 10.0. The lowest BCUT2D eigenvalue weighted by Gasteiger charge is -2.04. The molecule has 3 nitrogen and oxygen atoms in total. The van der Waals surface area contributed by atoms with Crippen molar-refractivity contribution in [2.75, 3.05) is 0 Å². The van der Waals surface area contributed by atoms with E-state index in [1.54, 1.807) is 0 Å². The predicted molar refractivity (Wildman–Crippen MR) is 54.5 cm³/mol. The Balaban J connectivity index is 2.79. The first kappa shape index (κ1) is 11.1. The van der Waals surface area contributed by atoms with Crippen LogP contribution in [-0.2, 0) is 6.42 Å². The Bertz CT molecular complexity index is 331. The molecule has 0 amide bonds. The van der Waals surface area contributed by atoms with Crippen molar-refractivity contribution in [1.82, 2.24) is 0 Å². The van der Waals surface area contributed by atoms with Crippen molar-refractivity contribution in [3.63, 3.8) is 0 Å². The molecule has 0 atom stereocenters. The van der Waals surface area contributed by atoms with Gasteiger partial charge in [0.15, 0.2) is 5.76 Å². The van der Waals surface area contributed by atoms with Crippen molar-refractivity contribution in [2.45, 2.75) is 46.5 Å². The minimum Gasteiger partial charge on any atom is -0.396 e. The van der Waals surface area contributed by atoms with Gasteiger partial charge in [-0.15, -0.1) is 0 Å². The molecule has 0 aliphatic carbocycles. The van der Waals surface area contributed by atoms with Gasteiger partial charge in [0.25, 0.3) is 0 Å². The highest BCUT2D eigenvalue weighted by Gasteiger charge is 2.15. The number of hydrogen-bond acceptors (Lipinski definition) is 3. The molecule has 80 valence electrons. The summed E-state index contributed by atoms with van der Waals surface area (Å²) >= 11 is 0. The van der Waals surface area contributed by atoms with Crippen LogP contribution in [-0.4, -0.2) is 0 Å². The Hall–Kier alpha value is -0.990. The summed E-state index contributed by atoms with van der Waals surface area (Å²) in [4.78, 5) is 10.9. The topological polar surface area (TPSA) is 43.4 Å². The third-order valence-corrected chi connectivity index (χ3v) is 2.15. The zero-order chi connectivity index (χ0) is 10.7. The second-order valence-electron chi connectivity index (χ2n) is 4.33. The van der Waals surface area contributed by atoms with E-state index in [1.807, 2.05) is 13.8 Å². The second-order valence-corrected chi connectivity index (χ2v) is 4.33. The highest BCUT2D eigenvalue weighted by atomic mass is 16.6. The van der Waals surface area contributed by atoms with Gasteiger partial charge in [0.05, 0.1) is 0 Å². The quantitative estimate of drug-likeness (QED) is 0.747. The smallest absolute Gasteiger partial charge is 0.396 e. The standard InChI is InChI=1S/C11H18O3/c1-7(2)5-6-9-10(8(3)4)14-11(12)13-9/h7-8H,5-6H2,1-4H3. The van der Waals surface area contributed by atoms with Crippen LogP contribution in [0.1, 0.15) is 51.6 Å². The Morgan fingerprint density at radius 1 is 1.14 bits per heavy atom. The number of hydrogen-bond donors (Lipinski definition) is 0. The lowest BCUT2D eigenvalue weighted by molar-refractivity contribution is 0.359. The average molecular weight is 198 g/mol. The van der Waals surface area contributed by atoms with Crippen molar-refractivity contribution >= 4 is 0 Å². The lowest BCUT2D eigenvalue weighted by Crippen LogP contribution is -1.95. The Kier molecular flexibility index (Phi) is 3.55. The molecule has 0 radical (unpaired) electrons. The van der Waals surface area contributed by atoms with E-state index >= 15 is 0 Å². The van der Waals surface area contributed by atoms with Crippen molar-refractivity contribution in [3.8, 4) is 0 Å². The van der Waals surface area contributed by atoms with E-state index in [4.69, 9.17) is 8.83 Å². The van der Waals surface area contributed by atoms with Gasteiger partial charge in [-0.25, -0.2) is 4.79 Å². The van der Waals surface area contributed by atoms with Gasteiger partial charge >= 0.3 is 5.82 Å². The van der Waals surface area contributed by atoms with E-state index in [9.17, 15) is 4.79 Å². The maximum atomic E-state index is 10.9. The van der Waals surface area contributed by atoms with Crippen LogP contribution in [0.4, 0.5) is 0 Å². The molecule has 3 heteroatoms. The zero-order valence-corrected chi connectivity index (χ0v) is 9.29. The highest BCUT2D eigenvalue weighted by Crippen LogP contribution is 2.20. The number of aryl methyl sites for hydroxylation is 1. The SMILES string of the molecule is CC(C)CCc1oc(=O)oc1C(C)C. The molecule has 1 rings (SSSR count). The first-order valence-electron chi connectivity index (χ1n) is 5.13. The summed E-state index contributed by atoms with van der Waals surface area (Å²) in [5.41, 5.74) is 0. The van der Waals surface area contributed by atoms with Crippen molar-refractivity contribution in [1.29, 1.82) is 0 Å². The van der Waals surface area contributed by atoms with Gasteiger partial charge in [-0.2, -0.15) is 0 Å². The van der Waals surface area contributed by atoms with Crippen LogP contribution in [0.25, 0.3) is 0 Å². The van der Waals surface area contributed by atoms with Crippen LogP contribution < -0.4 is 5.82 Å². The van der Waals surface area contributed by atoms with Crippen molar-refractivity contribution in [3.05, 3.63) is 22.1 Å². The van der Waals surface area contributed by atoms with Crippen LogP contribution in [0, 0.1) is 5.92 Å². The molecule has 1 aromatic rings. The Morgan fingerprint density at radius 2 is 1.79 bits per heavy atom. The molecule has 0 saturated carbocycles. The van der Waals surface area contributed by atoms with E-state index < -0.39 is 5.82 Å². The third-order valence-electron chi connectivity index (χ3n) is 2.15. The summed E-state index contributed by atoms with van der Waals surface area (Å²) < 4.78 is 9.99. The molecule has 0 unspecified atom stereocenters. The fourth-order valence-corrected chi connectivity index (χ4v) is 1.35. The van der Waals surface area contributed by atoms with Gasteiger partial charge in [0.1, 0.15) is 5.76 Å². The van der Waals surface area contributed by atoms with Gasteiger partial charge in [0, 0.05) is 12.3 Å². The summed E-state index contributed by atoms with van der Waals surface area (Å²) in [6.45, 7) is 8.28. The van der Waals surface area contributed by atoms with E-state index in [-0.39, 0.29) is 5.92 Å². The van der Waals surface area contributed by atoms with Crippen LogP contribution in [0.5, 0.6) is 0 Å². The van der Waals surface area contributed by atoms with Gasteiger partial charge in [0.2, 0.25) is 0 Å². The van der Waals surface area contributed by atoms with Crippen molar-refractivity contribution in [2.24, 2.45) is 5.92 Å². The van der Waals surface area contributed by atoms with Gasteiger partial charge in [-0.05, 0) is 12.3 Å². The maximum absolute atomic E-state index is 10.9. The molecule has 0 aliphatic heterocycles. The monoisotopic (exact) mass is 198 g/mol. The number of rotatable bonds is 4. The van der Waals surface area contributed by atoms with E-state index in [2.05, 4.69) is 13.8 Å². The molecule has 0 saturated heterocycles. The Morgan fingerprint density at radius 3 is 2.29 bits per heavy atom. The molecule has 1 heterocycles.